The van der Waals surface area contributed by atoms with Gasteiger partial charge in [0.15, 0.2) is 0 Å². The molecule has 0 fully saturated rings. The zero-order chi connectivity index (χ0) is 15.8. The smallest absolute Gasteiger partial charge is 0.263 e. The van der Waals surface area contributed by atoms with Crippen molar-refractivity contribution in [3.05, 3.63) is 50.4 Å². The van der Waals surface area contributed by atoms with E-state index in [9.17, 15) is 8.42 Å². The summed E-state index contributed by atoms with van der Waals surface area (Å²) >= 11 is 15.3. The highest BCUT2D eigenvalue weighted by atomic mass is 79.9. The average molecular weight is 410 g/mol. The first-order chi connectivity index (χ1) is 9.72. The number of aryl methyl sites for hydroxylation is 1. The molecule has 0 atom stereocenters. The van der Waals surface area contributed by atoms with Gasteiger partial charge in [-0.3, -0.25) is 4.72 Å². The van der Waals surface area contributed by atoms with Crippen molar-refractivity contribution >= 4 is 60.5 Å². The Bertz CT molecular complexity index is 810. The topological polar surface area (TPSA) is 72.2 Å². The molecule has 21 heavy (non-hydrogen) atoms. The van der Waals surface area contributed by atoms with E-state index in [0.29, 0.717) is 10.2 Å². The molecule has 3 N–H and O–H groups in total. The lowest BCUT2D eigenvalue weighted by Gasteiger charge is -2.14. The minimum absolute atomic E-state index is 0.0466. The summed E-state index contributed by atoms with van der Waals surface area (Å²) in [6.45, 7) is 1.76. The minimum atomic E-state index is -3.84. The maximum Gasteiger partial charge on any atom is 0.263 e. The molecule has 8 heteroatoms. The van der Waals surface area contributed by atoms with Crippen LogP contribution in [-0.2, 0) is 10.0 Å². The van der Waals surface area contributed by atoms with E-state index in [4.69, 9.17) is 28.9 Å². The Morgan fingerprint density at radius 2 is 1.86 bits per heavy atom. The number of anilines is 2. The molecule has 0 radical (unpaired) electrons. The van der Waals surface area contributed by atoms with Gasteiger partial charge in [-0.1, -0.05) is 29.3 Å². The molecule has 0 aromatic heterocycles. The van der Waals surface area contributed by atoms with Crippen LogP contribution in [0.3, 0.4) is 0 Å². The fraction of sp³-hybridized carbons (Fsp3) is 0.0769. The Balaban J connectivity index is 2.50. The second kappa shape index (κ2) is 6.04. The Morgan fingerprint density at radius 3 is 2.48 bits per heavy atom. The van der Waals surface area contributed by atoms with E-state index in [0.717, 1.165) is 5.56 Å². The minimum Gasteiger partial charge on any atom is -0.399 e. The predicted octanol–water partition coefficient (Wildman–Crippen LogP) is 4.45. The number of hydrogen-bond acceptors (Lipinski definition) is 3. The number of nitrogens with two attached hydrogens (primary N) is 1. The second-order valence-corrected chi connectivity index (χ2v) is 7.64. The quantitative estimate of drug-likeness (QED) is 0.735. The van der Waals surface area contributed by atoms with Crippen molar-refractivity contribution in [1.82, 2.24) is 0 Å². The van der Waals surface area contributed by atoms with Crippen LogP contribution in [0.15, 0.2) is 39.7 Å². The van der Waals surface area contributed by atoms with Crippen LogP contribution < -0.4 is 10.5 Å². The summed E-state index contributed by atoms with van der Waals surface area (Å²) < 4.78 is 27.7. The van der Waals surface area contributed by atoms with Gasteiger partial charge in [-0.2, -0.15) is 0 Å². The molecule has 4 nitrogen and oxygen atoms in total. The molecule has 2 aromatic rings. The zero-order valence-electron chi connectivity index (χ0n) is 10.8. The van der Waals surface area contributed by atoms with Crippen LogP contribution in [0.1, 0.15) is 5.56 Å². The van der Waals surface area contributed by atoms with Crippen molar-refractivity contribution in [2.45, 2.75) is 11.8 Å². The van der Waals surface area contributed by atoms with Crippen molar-refractivity contribution in [2.75, 3.05) is 10.5 Å². The van der Waals surface area contributed by atoms with Crippen molar-refractivity contribution in [3.63, 3.8) is 0 Å². The van der Waals surface area contributed by atoms with E-state index in [-0.39, 0.29) is 20.6 Å². The van der Waals surface area contributed by atoms with Gasteiger partial charge in [-0.25, -0.2) is 8.42 Å². The molecule has 2 aromatic carbocycles. The second-order valence-electron chi connectivity index (χ2n) is 4.35. The molecule has 0 bridgehead atoms. The predicted molar refractivity (Wildman–Crippen MR) is 90.6 cm³/mol. The lowest BCUT2D eigenvalue weighted by molar-refractivity contribution is 0.601. The van der Waals surface area contributed by atoms with Crippen LogP contribution in [0.5, 0.6) is 0 Å². The third-order valence-corrected chi connectivity index (χ3v) is 5.89. The number of nitrogen functional groups attached to an aromatic ring is 1. The van der Waals surface area contributed by atoms with E-state index in [1.165, 1.54) is 18.2 Å². The Labute approximate surface area is 141 Å². The van der Waals surface area contributed by atoms with Gasteiger partial charge in [-0.15, -0.1) is 0 Å². The fourth-order valence-electron chi connectivity index (χ4n) is 1.67. The van der Waals surface area contributed by atoms with Crippen LogP contribution in [0, 0.1) is 6.92 Å². The molecule has 0 aliphatic carbocycles. The standard InChI is InChI=1S/C13H11BrCl2N2O2S/c1-7-2-4-10(15)13(12(7)16)18-21(19,20)11-5-3-8(17)6-9(11)14/h2-6,18H,17H2,1H3. The van der Waals surface area contributed by atoms with Crippen LogP contribution in [0.25, 0.3) is 0 Å². The van der Waals surface area contributed by atoms with Gasteiger partial charge in [0.1, 0.15) is 4.90 Å². The van der Waals surface area contributed by atoms with Gasteiger partial charge in [-0.05, 0) is 52.7 Å². The summed E-state index contributed by atoms with van der Waals surface area (Å²) in [5, 5.41) is 0.485. The Hall–Kier alpha value is -0.950. The number of nitrogens with one attached hydrogen (secondary N) is 1. The summed E-state index contributed by atoms with van der Waals surface area (Å²) in [7, 11) is -3.84. The molecular formula is C13H11BrCl2N2O2S. The van der Waals surface area contributed by atoms with Gasteiger partial charge in [0.2, 0.25) is 0 Å². The summed E-state index contributed by atoms with van der Waals surface area (Å²) in [6.07, 6.45) is 0. The van der Waals surface area contributed by atoms with Gasteiger partial charge in [0, 0.05) is 10.2 Å². The molecule has 0 unspecified atom stereocenters. The summed E-state index contributed by atoms with van der Waals surface area (Å²) in [4.78, 5) is 0.0466. The molecule has 0 saturated heterocycles. The molecule has 0 heterocycles. The zero-order valence-corrected chi connectivity index (χ0v) is 14.7. The molecule has 112 valence electrons. The first kappa shape index (κ1) is 16.4. The van der Waals surface area contributed by atoms with Crippen molar-refractivity contribution in [3.8, 4) is 0 Å². The van der Waals surface area contributed by atoms with E-state index in [2.05, 4.69) is 20.7 Å². The van der Waals surface area contributed by atoms with Crippen LogP contribution in [0.4, 0.5) is 11.4 Å². The fourth-order valence-corrected chi connectivity index (χ4v) is 4.44. The van der Waals surface area contributed by atoms with Crippen molar-refractivity contribution in [1.29, 1.82) is 0 Å². The Morgan fingerprint density at radius 1 is 1.19 bits per heavy atom. The monoisotopic (exact) mass is 408 g/mol. The molecule has 0 spiro atoms. The van der Waals surface area contributed by atoms with Gasteiger partial charge in [0.25, 0.3) is 10.0 Å². The molecule has 2 rings (SSSR count). The van der Waals surface area contributed by atoms with Gasteiger partial charge in [0.05, 0.1) is 15.7 Å². The molecular weight excluding hydrogens is 399 g/mol. The number of benzene rings is 2. The first-order valence-electron chi connectivity index (χ1n) is 5.75. The highest BCUT2D eigenvalue weighted by molar-refractivity contribution is 9.10. The normalized spacial score (nSPS) is 11.4. The number of halogens is 3. The van der Waals surface area contributed by atoms with E-state index in [1.54, 1.807) is 19.1 Å². The summed E-state index contributed by atoms with van der Waals surface area (Å²) in [5.41, 5.74) is 6.93. The van der Waals surface area contributed by atoms with Gasteiger partial charge < -0.3 is 5.73 Å². The van der Waals surface area contributed by atoms with Crippen molar-refractivity contribution < 1.29 is 8.42 Å². The Kier molecular flexibility index (Phi) is 4.72. The SMILES string of the molecule is Cc1ccc(Cl)c(NS(=O)(=O)c2ccc(N)cc2Br)c1Cl. The van der Waals surface area contributed by atoms with Crippen LogP contribution in [-0.4, -0.2) is 8.42 Å². The highest BCUT2D eigenvalue weighted by Crippen LogP contribution is 2.35. The number of sulfonamides is 1. The maximum atomic E-state index is 12.5. The lowest BCUT2D eigenvalue weighted by atomic mass is 10.2. The largest absolute Gasteiger partial charge is 0.399 e. The van der Waals surface area contributed by atoms with Crippen LogP contribution in [0.2, 0.25) is 10.0 Å². The molecule has 0 aliphatic heterocycles. The van der Waals surface area contributed by atoms with E-state index < -0.39 is 10.0 Å². The molecule has 0 saturated carbocycles. The lowest BCUT2D eigenvalue weighted by Crippen LogP contribution is -2.14. The summed E-state index contributed by atoms with van der Waals surface area (Å²) in [5.74, 6) is 0. The molecule has 0 amide bonds. The van der Waals surface area contributed by atoms with E-state index >= 15 is 0 Å². The number of hydrogen-bond donors (Lipinski definition) is 2. The first-order valence-corrected chi connectivity index (χ1v) is 8.78. The third kappa shape index (κ3) is 3.45. The van der Waals surface area contributed by atoms with E-state index in [1.807, 2.05) is 0 Å². The number of rotatable bonds is 3. The third-order valence-electron chi connectivity index (χ3n) is 2.77. The highest BCUT2D eigenvalue weighted by Gasteiger charge is 2.21. The molecule has 0 aliphatic rings. The van der Waals surface area contributed by atoms with Crippen molar-refractivity contribution in [2.24, 2.45) is 0 Å². The average Bonchev–Trinajstić information content (AvgIpc) is 2.39. The maximum absolute atomic E-state index is 12.5. The van der Waals surface area contributed by atoms with Gasteiger partial charge >= 0.3 is 0 Å². The van der Waals surface area contributed by atoms with Crippen LogP contribution >= 0.6 is 39.1 Å². The summed E-state index contributed by atoms with van der Waals surface area (Å²) in [6, 6.07) is 7.70.